The molecule has 1 unspecified atom stereocenters. The van der Waals surface area contributed by atoms with Gasteiger partial charge in [0.25, 0.3) is 0 Å². The second-order valence-corrected chi connectivity index (χ2v) is 2.63. The predicted molar refractivity (Wildman–Crippen MR) is 38.1 cm³/mol. The van der Waals surface area contributed by atoms with Crippen LogP contribution in [0.5, 0.6) is 0 Å². The van der Waals surface area contributed by atoms with Crippen molar-refractivity contribution in [3.8, 4) is 12.3 Å². The van der Waals surface area contributed by atoms with Gasteiger partial charge in [-0.1, -0.05) is 17.0 Å². The molecule has 0 N–H and O–H groups in total. The zero-order chi connectivity index (χ0) is 7.82. The van der Waals surface area contributed by atoms with Crippen LogP contribution in [0.3, 0.4) is 0 Å². The average Bonchev–Trinajstić information content (AvgIpc) is 1.87. The highest BCUT2D eigenvalue weighted by Crippen LogP contribution is 1.84. The van der Waals surface area contributed by atoms with Crippen LogP contribution in [-0.2, 0) is 15.8 Å². The molecule has 0 fully saturated rings. The highest BCUT2D eigenvalue weighted by Gasteiger charge is 1.86. The fourth-order valence-corrected chi connectivity index (χ4v) is 0.763. The Hall–Kier alpha value is -0.370. The molecule has 0 aliphatic rings. The van der Waals surface area contributed by atoms with Gasteiger partial charge in [-0.2, -0.15) is 0 Å². The standard InChI is InChI=1S/C6H10O3S/c1-2-4-9-5-3-6-10(7)8/h1H,3-6H2,(H,7,8)/p-1. The molecule has 0 heterocycles. The summed E-state index contributed by atoms with van der Waals surface area (Å²) < 4.78 is 24.7. The van der Waals surface area contributed by atoms with E-state index in [1.54, 1.807) is 0 Å². The van der Waals surface area contributed by atoms with E-state index in [0.717, 1.165) is 0 Å². The molecule has 0 aromatic rings. The van der Waals surface area contributed by atoms with Crippen LogP contribution in [0.15, 0.2) is 0 Å². The van der Waals surface area contributed by atoms with E-state index in [4.69, 9.17) is 11.2 Å². The van der Waals surface area contributed by atoms with Crippen LogP contribution in [0, 0.1) is 12.3 Å². The largest absolute Gasteiger partial charge is 0.772 e. The first-order valence-corrected chi connectivity index (χ1v) is 4.09. The summed E-state index contributed by atoms with van der Waals surface area (Å²) in [6, 6.07) is 0. The summed E-state index contributed by atoms with van der Waals surface area (Å²) in [6.07, 6.45) is 5.39. The van der Waals surface area contributed by atoms with Gasteiger partial charge in [0.2, 0.25) is 0 Å². The van der Waals surface area contributed by atoms with Gasteiger partial charge in [-0.25, -0.2) is 0 Å². The van der Waals surface area contributed by atoms with E-state index in [1.807, 2.05) is 0 Å². The topological polar surface area (TPSA) is 49.4 Å². The summed E-state index contributed by atoms with van der Waals surface area (Å²) in [5, 5.41) is 0. The maximum atomic E-state index is 9.94. The Morgan fingerprint density at radius 3 is 2.90 bits per heavy atom. The first-order valence-electron chi connectivity index (χ1n) is 2.84. The van der Waals surface area contributed by atoms with E-state index < -0.39 is 11.1 Å². The molecule has 58 valence electrons. The van der Waals surface area contributed by atoms with E-state index in [-0.39, 0.29) is 12.4 Å². The minimum Gasteiger partial charge on any atom is -0.772 e. The zero-order valence-electron chi connectivity index (χ0n) is 5.54. The molecule has 0 aromatic carbocycles. The maximum absolute atomic E-state index is 9.94. The van der Waals surface area contributed by atoms with Crippen molar-refractivity contribution < 1.29 is 13.5 Å². The first-order chi connectivity index (χ1) is 4.77. The van der Waals surface area contributed by atoms with E-state index in [1.165, 1.54) is 0 Å². The van der Waals surface area contributed by atoms with Gasteiger partial charge < -0.3 is 9.29 Å². The highest BCUT2D eigenvalue weighted by molar-refractivity contribution is 7.79. The fourth-order valence-electron chi connectivity index (χ4n) is 0.410. The van der Waals surface area contributed by atoms with Gasteiger partial charge in [-0.3, -0.25) is 4.21 Å². The maximum Gasteiger partial charge on any atom is 0.107 e. The molecule has 0 saturated carbocycles. The lowest BCUT2D eigenvalue weighted by molar-refractivity contribution is 0.168. The lowest BCUT2D eigenvalue weighted by Crippen LogP contribution is -2.01. The number of hydrogen-bond donors (Lipinski definition) is 0. The van der Waals surface area contributed by atoms with E-state index in [2.05, 4.69) is 5.92 Å². The van der Waals surface area contributed by atoms with Gasteiger partial charge in [0.05, 0.1) is 0 Å². The number of ether oxygens (including phenoxy) is 1. The monoisotopic (exact) mass is 161 g/mol. The van der Waals surface area contributed by atoms with Crippen LogP contribution in [-0.4, -0.2) is 27.7 Å². The van der Waals surface area contributed by atoms with Crippen molar-refractivity contribution in [2.45, 2.75) is 6.42 Å². The molecule has 1 atom stereocenters. The highest BCUT2D eigenvalue weighted by atomic mass is 32.2. The van der Waals surface area contributed by atoms with Crippen LogP contribution < -0.4 is 0 Å². The summed E-state index contributed by atoms with van der Waals surface area (Å²) >= 11 is -1.95. The third-order valence-electron chi connectivity index (χ3n) is 0.785. The lowest BCUT2D eigenvalue weighted by atomic mass is 10.5. The number of terminal acetylenes is 1. The molecule has 0 bridgehead atoms. The van der Waals surface area contributed by atoms with E-state index in [9.17, 15) is 8.76 Å². The van der Waals surface area contributed by atoms with E-state index >= 15 is 0 Å². The zero-order valence-corrected chi connectivity index (χ0v) is 6.36. The second-order valence-electron chi connectivity index (χ2n) is 1.62. The summed E-state index contributed by atoms with van der Waals surface area (Å²) in [7, 11) is 0. The van der Waals surface area contributed by atoms with Crippen molar-refractivity contribution in [2.75, 3.05) is 19.0 Å². The van der Waals surface area contributed by atoms with Crippen molar-refractivity contribution in [3.05, 3.63) is 0 Å². The molecule has 0 amide bonds. The van der Waals surface area contributed by atoms with Gasteiger partial charge in [0.1, 0.15) is 6.61 Å². The van der Waals surface area contributed by atoms with Gasteiger partial charge in [0, 0.05) is 12.4 Å². The average molecular weight is 161 g/mol. The summed E-state index contributed by atoms with van der Waals surface area (Å²) in [5.41, 5.74) is 0. The van der Waals surface area contributed by atoms with Crippen molar-refractivity contribution >= 4 is 11.1 Å². The molecule has 0 rings (SSSR count). The van der Waals surface area contributed by atoms with Gasteiger partial charge in [-0.15, -0.1) is 6.42 Å². The molecule has 0 aliphatic carbocycles. The molecular weight excluding hydrogens is 152 g/mol. The smallest absolute Gasteiger partial charge is 0.107 e. The minimum absolute atomic E-state index is 0.143. The SMILES string of the molecule is C#CCOCCCS(=O)[O-]. The van der Waals surface area contributed by atoms with Crippen LogP contribution >= 0.6 is 0 Å². The van der Waals surface area contributed by atoms with Crippen molar-refractivity contribution in [3.63, 3.8) is 0 Å². The number of hydrogen-bond acceptors (Lipinski definition) is 3. The summed E-state index contributed by atoms with van der Waals surface area (Å²) in [4.78, 5) is 0. The second kappa shape index (κ2) is 6.75. The van der Waals surface area contributed by atoms with E-state index in [0.29, 0.717) is 13.0 Å². The molecule has 0 aromatic heterocycles. The third-order valence-corrected chi connectivity index (χ3v) is 1.41. The lowest BCUT2D eigenvalue weighted by Gasteiger charge is -2.03. The Bertz CT molecular complexity index is 138. The summed E-state index contributed by atoms with van der Waals surface area (Å²) in [5.74, 6) is 2.42. The Kier molecular flexibility index (Phi) is 6.50. The fraction of sp³-hybridized carbons (Fsp3) is 0.667. The predicted octanol–water partition coefficient (Wildman–Crippen LogP) is -0.0946. The molecule has 0 radical (unpaired) electrons. The molecule has 4 heteroatoms. The Labute approximate surface area is 63.1 Å². The molecule has 10 heavy (non-hydrogen) atoms. The van der Waals surface area contributed by atoms with Crippen LogP contribution in [0.25, 0.3) is 0 Å². The Morgan fingerprint density at radius 2 is 2.40 bits per heavy atom. The van der Waals surface area contributed by atoms with Gasteiger partial charge in [-0.05, 0) is 6.42 Å². The van der Waals surface area contributed by atoms with Crippen LogP contribution in [0.1, 0.15) is 6.42 Å². The van der Waals surface area contributed by atoms with Gasteiger partial charge >= 0.3 is 0 Å². The normalized spacial score (nSPS) is 12.4. The quantitative estimate of drug-likeness (QED) is 0.321. The molecule has 0 aliphatic heterocycles. The molecular formula is C6H9O3S-. The molecule has 0 saturated heterocycles. The minimum atomic E-state index is -1.95. The Balaban J connectivity index is 2.92. The van der Waals surface area contributed by atoms with Crippen molar-refractivity contribution in [2.24, 2.45) is 0 Å². The van der Waals surface area contributed by atoms with Crippen molar-refractivity contribution in [1.29, 1.82) is 0 Å². The molecule has 0 spiro atoms. The third kappa shape index (κ3) is 7.63. The number of rotatable bonds is 5. The first kappa shape index (κ1) is 9.63. The summed E-state index contributed by atoms with van der Waals surface area (Å²) in [6.45, 7) is 0.670. The molecule has 3 nitrogen and oxygen atoms in total. The Morgan fingerprint density at radius 1 is 1.70 bits per heavy atom. The van der Waals surface area contributed by atoms with Gasteiger partial charge in [0.15, 0.2) is 0 Å². The van der Waals surface area contributed by atoms with Crippen LogP contribution in [0.2, 0.25) is 0 Å². The van der Waals surface area contributed by atoms with Crippen molar-refractivity contribution in [1.82, 2.24) is 0 Å². The van der Waals surface area contributed by atoms with Crippen LogP contribution in [0.4, 0.5) is 0 Å².